The molecule has 29 heavy (non-hydrogen) atoms. The zero-order chi connectivity index (χ0) is 20.6. The molecule has 2 aliphatic rings. The summed E-state index contributed by atoms with van der Waals surface area (Å²) in [6.07, 6.45) is 7.86. The lowest BCUT2D eigenvalue weighted by Gasteiger charge is -2.51. The summed E-state index contributed by atoms with van der Waals surface area (Å²) in [5, 5.41) is 6.41. The monoisotopic (exact) mass is 394 g/mol. The van der Waals surface area contributed by atoms with Crippen LogP contribution < -0.4 is 16.9 Å². The number of nitrogens with two attached hydrogens (primary N) is 2. The molecule has 2 heterocycles. The number of hydrogen-bond acceptors (Lipinski definition) is 6. The lowest BCUT2D eigenvalue weighted by Crippen LogP contribution is -2.49. The Morgan fingerprint density at radius 2 is 2.00 bits per heavy atom. The van der Waals surface area contributed by atoms with Crippen molar-refractivity contribution >= 4 is 28.2 Å². The maximum Gasteiger partial charge on any atom is 0.228 e. The first kappa shape index (κ1) is 19.7. The van der Waals surface area contributed by atoms with Gasteiger partial charge in [-0.2, -0.15) is 0 Å². The molecule has 2 aromatic rings. The minimum absolute atomic E-state index is 0.0849. The first-order valence-electron chi connectivity index (χ1n) is 10.2. The zero-order valence-electron chi connectivity index (χ0n) is 17.2. The number of hydrazine groups is 1. The first-order valence-corrected chi connectivity index (χ1v) is 10.2. The van der Waals surface area contributed by atoms with E-state index in [-0.39, 0.29) is 11.8 Å². The summed E-state index contributed by atoms with van der Waals surface area (Å²) in [5.74, 6) is 6.41. The summed E-state index contributed by atoms with van der Waals surface area (Å²) >= 11 is 0. The fraction of sp³-hybridized carbons (Fsp3) is 0.455. The summed E-state index contributed by atoms with van der Waals surface area (Å²) in [4.78, 5) is 19.5. The number of piperidine rings is 1. The van der Waals surface area contributed by atoms with E-state index < -0.39 is 0 Å². The van der Waals surface area contributed by atoms with Crippen LogP contribution in [0, 0.1) is 11.3 Å². The van der Waals surface area contributed by atoms with Crippen molar-refractivity contribution < 1.29 is 4.79 Å². The third-order valence-electron chi connectivity index (χ3n) is 6.43. The van der Waals surface area contributed by atoms with E-state index in [4.69, 9.17) is 11.6 Å². The fourth-order valence-electron chi connectivity index (χ4n) is 4.58. The summed E-state index contributed by atoms with van der Waals surface area (Å²) < 4.78 is 0. The van der Waals surface area contributed by atoms with Gasteiger partial charge in [0.15, 0.2) is 0 Å². The van der Waals surface area contributed by atoms with Crippen LogP contribution in [0.5, 0.6) is 0 Å². The molecule has 5 N–H and O–H groups in total. The molecule has 4 rings (SSSR count). The molecular formula is C22H30N6O. The maximum absolute atomic E-state index is 12.7. The number of fused-ring (bicyclic) bond motifs is 1. The van der Waals surface area contributed by atoms with Crippen molar-refractivity contribution in [1.82, 2.24) is 14.9 Å². The highest BCUT2D eigenvalue weighted by molar-refractivity contribution is 5.95. The summed E-state index contributed by atoms with van der Waals surface area (Å²) in [6.45, 7) is 2.28. The predicted octanol–water partition coefficient (Wildman–Crippen LogP) is 2.36. The highest BCUT2D eigenvalue weighted by Crippen LogP contribution is 2.52. The van der Waals surface area contributed by atoms with Gasteiger partial charge in [0.2, 0.25) is 5.91 Å². The normalized spacial score (nSPS) is 19.9. The second kappa shape index (κ2) is 7.65. The highest BCUT2D eigenvalue weighted by atomic mass is 16.2. The van der Waals surface area contributed by atoms with Crippen molar-refractivity contribution in [2.45, 2.75) is 25.7 Å². The van der Waals surface area contributed by atoms with E-state index in [9.17, 15) is 4.79 Å². The van der Waals surface area contributed by atoms with Gasteiger partial charge in [0.25, 0.3) is 0 Å². The van der Waals surface area contributed by atoms with Crippen molar-refractivity contribution in [1.29, 1.82) is 0 Å². The zero-order valence-corrected chi connectivity index (χ0v) is 17.2. The molecule has 1 aromatic carbocycles. The smallest absolute Gasteiger partial charge is 0.228 e. The Labute approximate surface area is 171 Å². The number of pyridine rings is 1. The number of hydrogen-bond donors (Lipinski definition) is 3. The Balaban J connectivity index is 1.43. The van der Waals surface area contributed by atoms with E-state index in [1.54, 1.807) is 19.4 Å². The molecule has 154 valence electrons. The SMILES string of the molecule is CN(N)/C=C(\N)c1ccc2cnc(NC(=O)C3CC4(CCN(C)CC4)C3)cc2c1. The van der Waals surface area contributed by atoms with E-state index in [1.807, 2.05) is 24.3 Å². The molecule has 7 heteroatoms. The van der Waals surface area contributed by atoms with E-state index in [1.165, 1.54) is 17.9 Å². The largest absolute Gasteiger partial charge is 0.397 e. The number of benzene rings is 1. The van der Waals surface area contributed by atoms with Crippen LogP contribution >= 0.6 is 0 Å². The van der Waals surface area contributed by atoms with E-state index in [0.29, 0.717) is 16.9 Å². The van der Waals surface area contributed by atoms with Gasteiger partial charge >= 0.3 is 0 Å². The number of amides is 1. The van der Waals surface area contributed by atoms with Crippen molar-refractivity contribution in [2.75, 3.05) is 32.5 Å². The molecule has 1 aromatic heterocycles. The van der Waals surface area contributed by atoms with Gasteiger partial charge < -0.3 is 21.0 Å². The van der Waals surface area contributed by atoms with Crippen LogP contribution in [-0.4, -0.2) is 48.0 Å². The van der Waals surface area contributed by atoms with Crippen LogP contribution in [0.4, 0.5) is 5.82 Å². The number of rotatable bonds is 4. The summed E-state index contributed by atoms with van der Waals surface area (Å²) in [6, 6.07) is 7.79. The molecular weight excluding hydrogens is 364 g/mol. The number of anilines is 1. The topological polar surface area (TPSA) is 101 Å². The van der Waals surface area contributed by atoms with Gasteiger partial charge in [0.05, 0.1) is 5.70 Å². The van der Waals surface area contributed by atoms with Crippen LogP contribution in [0.1, 0.15) is 31.2 Å². The molecule has 0 atom stereocenters. The molecule has 1 saturated heterocycles. The van der Waals surface area contributed by atoms with E-state index in [2.05, 4.69) is 22.2 Å². The number of carbonyl (C=O) groups is 1. The molecule has 2 fully saturated rings. The Morgan fingerprint density at radius 3 is 2.69 bits per heavy atom. The Morgan fingerprint density at radius 1 is 1.28 bits per heavy atom. The third-order valence-corrected chi connectivity index (χ3v) is 6.43. The minimum atomic E-state index is 0.0849. The van der Waals surface area contributed by atoms with Gasteiger partial charge in [-0.15, -0.1) is 0 Å². The average Bonchev–Trinajstić information content (AvgIpc) is 2.66. The number of likely N-dealkylation sites (tertiary alicyclic amines) is 1. The number of nitrogens with zero attached hydrogens (tertiary/aromatic N) is 3. The second-order valence-electron chi connectivity index (χ2n) is 8.78. The van der Waals surface area contributed by atoms with Crippen molar-refractivity contribution in [2.24, 2.45) is 22.9 Å². The lowest BCUT2D eigenvalue weighted by molar-refractivity contribution is -0.129. The Bertz CT molecular complexity index is 937. The van der Waals surface area contributed by atoms with Gasteiger partial charge in [0, 0.05) is 30.7 Å². The maximum atomic E-state index is 12.7. The second-order valence-corrected chi connectivity index (χ2v) is 8.78. The quantitative estimate of drug-likeness (QED) is 0.544. The van der Waals surface area contributed by atoms with Crippen molar-refractivity contribution in [3.8, 4) is 0 Å². The fourth-order valence-corrected chi connectivity index (χ4v) is 4.58. The van der Waals surface area contributed by atoms with Crippen LogP contribution in [0.2, 0.25) is 0 Å². The third kappa shape index (κ3) is 4.21. The molecule has 1 amide bonds. The molecule has 0 bridgehead atoms. The lowest BCUT2D eigenvalue weighted by atomic mass is 9.57. The average molecular weight is 395 g/mol. The molecule has 0 radical (unpaired) electrons. The first-order chi connectivity index (χ1) is 13.8. The molecule has 1 aliphatic heterocycles. The Hall–Kier alpha value is -2.64. The van der Waals surface area contributed by atoms with Gasteiger partial charge in [-0.05, 0) is 74.3 Å². The van der Waals surface area contributed by atoms with Crippen molar-refractivity contribution in [3.05, 3.63) is 42.2 Å². The highest BCUT2D eigenvalue weighted by Gasteiger charge is 2.48. The van der Waals surface area contributed by atoms with Crippen LogP contribution in [0.3, 0.4) is 0 Å². The van der Waals surface area contributed by atoms with Crippen molar-refractivity contribution in [3.63, 3.8) is 0 Å². The van der Waals surface area contributed by atoms with E-state index >= 15 is 0 Å². The summed E-state index contributed by atoms with van der Waals surface area (Å²) in [7, 11) is 3.89. The number of carbonyl (C=O) groups excluding carboxylic acids is 1. The predicted molar refractivity (Wildman–Crippen MR) is 116 cm³/mol. The Kier molecular flexibility index (Phi) is 5.19. The van der Waals surface area contributed by atoms with Gasteiger partial charge in [-0.1, -0.05) is 12.1 Å². The molecule has 0 unspecified atom stereocenters. The number of aromatic nitrogens is 1. The molecule has 1 saturated carbocycles. The standard InChI is InChI=1S/C22H30N6O/c1-27-7-5-22(6-8-27)11-18(12-22)21(29)26-20-10-17-9-15(19(23)14-28(2)24)3-4-16(17)13-25-20/h3-4,9-10,13-14,18H,5-8,11-12,23-24H2,1-2H3,(H,25,26,29)/b19-14-. The molecule has 7 nitrogen and oxygen atoms in total. The molecule has 1 aliphatic carbocycles. The van der Waals surface area contributed by atoms with Gasteiger partial charge in [-0.3, -0.25) is 4.79 Å². The number of nitrogens with one attached hydrogen (secondary N) is 1. The summed E-state index contributed by atoms with van der Waals surface area (Å²) in [5.41, 5.74) is 7.94. The van der Waals surface area contributed by atoms with E-state index in [0.717, 1.165) is 42.3 Å². The van der Waals surface area contributed by atoms with Gasteiger partial charge in [0.1, 0.15) is 5.82 Å². The van der Waals surface area contributed by atoms with Crippen LogP contribution in [0.25, 0.3) is 16.5 Å². The van der Waals surface area contributed by atoms with Crippen LogP contribution in [-0.2, 0) is 4.79 Å². The van der Waals surface area contributed by atoms with Gasteiger partial charge in [-0.25, -0.2) is 10.8 Å². The molecule has 1 spiro atoms. The van der Waals surface area contributed by atoms with Crippen LogP contribution in [0.15, 0.2) is 36.7 Å². The minimum Gasteiger partial charge on any atom is -0.397 e.